The first-order valence-corrected chi connectivity index (χ1v) is 13.3. The zero-order chi connectivity index (χ0) is 29.0. The first-order chi connectivity index (χ1) is 19.4. The van der Waals surface area contributed by atoms with Gasteiger partial charge in [-0.05, 0) is 93.5 Å². The van der Waals surface area contributed by atoms with Gasteiger partial charge in [0.2, 0.25) is 0 Å². The molecule has 9 nitrogen and oxygen atoms in total. The van der Waals surface area contributed by atoms with E-state index in [0.29, 0.717) is 48.9 Å². The molecule has 0 saturated carbocycles. The molecular formula is C31H36O9. The van der Waals surface area contributed by atoms with Crippen molar-refractivity contribution in [3.8, 4) is 17.2 Å². The molecule has 0 atom stereocenters. The van der Waals surface area contributed by atoms with Gasteiger partial charge in [0.05, 0.1) is 25.4 Å². The summed E-state index contributed by atoms with van der Waals surface area (Å²) in [5, 5.41) is 0. The minimum Gasteiger partial charge on any atom is -0.494 e. The first-order valence-electron chi connectivity index (χ1n) is 13.3. The summed E-state index contributed by atoms with van der Waals surface area (Å²) >= 11 is 0. The highest BCUT2D eigenvalue weighted by Gasteiger charge is 2.10. The Balaban J connectivity index is 1.63. The van der Waals surface area contributed by atoms with Gasteiger partial charge in [-0.1, -0.05) is 13.2 Å². The quantitative estimate of drug-likeness (QED) is 0.0927. The van der Waals surface area contributed by atoms with Gasteiger partial charge in [-0.15, -0.1) is 0 Å². The van der Waals surface area contributed by atoms with E-state index >= 15 is 0 Å². The Morgan fingerprint density at radius 3 is 1.60 bits per heavy atom. The normalized spacial score (nSPS) is 10.2. The van der Waals surface area contributed by atoms with E-state index in [9.17, 15) is 19.2 Å². The van der Waals surface area contributed by atoms with E-state index in [1.54, 1.807) is 48.5 Å². The summed E-state index contributed by atoms with van der Waals surface area (Å²) in [6.07, 6.45) is 8.02. The van der Waals surface area contributed by atoms with Crippen molar-refractivity contribution < 1.29 is 42.9 Å². The van der Waals surface area contributed by atoms with Gasteiger partial charge in [0, 0.05) is 18.6 Å². The van der Waals surface area contributed by atoms with Crippen molar-refractivity contribution in [2.45, 2.75) is 51.4 Å². The van der Waals surface area contributed by atoms with Crippen LogP contribution in [0.25, 0.3) is 0 Å². The summed E-state index contributed by atoms with van der Waals surface area (Å²) in [5.74, 6) is -0.439. The van der Waals surface area contributed by atoms with Gasteiger partial charge in [0.15, 0.2) is 0 Å². The molecule has 9 heteroatoms. The van der Waals surface area contributed by atoms with Crippen LogP contribution in [-0.2, 0) is 23.9 Å². The highest BCUT2D eigenvalue weighted by molar-refractivity contribution is 5.91. The predicted octanol–water partition coefficient (Wildman–Crippen LogP) is 5.77. The highest BCUT2D eigenvalue weighted by Crippen LogP contribution is 2.20. The molecule has 0 heterocycles. The number of hydrogen-bond donors (Lipinski definition) is 0. The van der Waals surface area contributed by atoms with Gasteiger partial charge in [-0.25, -0.2) is 14.4 Å². The average Bonchev–Trinajstić information content (AvgIpc) is 2.97. The lowest BCUT2D eigenvalue weighted by Crippen LogP contribution is -2.09. The molecule has 0 amide bonds. The molecule has 2 rings (SSSR count). The van der Waals surface area contributed by atoms with E-state index in [1.807, 2.05) is 0 Å². The van der Waals surface area contributed by atoms with Crippen molar-refractivity contribution in [1.82, 2.24) is 0 Å². The van der Waals surface area contributed by atoms with Gasteiger partial charge < -0.3 is 23.7 Å². The zero-order valence-electron chi connectivity index (χ0n) is 22.6. The molecule has 214 valence electrons. The Morgan fingerprint density at radius 2 is 1.05 bits per heavy atom. The zero-order valence-corrected chi connectivity index (χ0v) is 22.6. The molecule has 0 fully saturated rings. The Hall–Kier alpha value is -4.40. The summed E-state index contributed by atoms with van der Waals surface area (Å²) in [7, 11) is 0. The maximum absolute atomic E-state index is 12.5. The third-order valence-electron chi connectivity index (χ3n) is 5.51. The Bertz CT molecular complexity index is 1100. The highest BCUT2D eigenvalue weighted by atomic mass is 16.5. The monoisotopic (exact) mass is 552 g/mol. The molecule has 0 aliphatic carbocycles. The third kappa shape index (κ3) is 13.4. The smallest absolute Gasteiger partial charge is 0.343 e. The van der Waals surface area contributed by atoms with E-state index in [4.69, 9.17) is 23.7 Å². The Kier molecular flexibility index (Phi) is 14.9. The molecule has 0 N–H and O–H groups in total. The van der Waals surface area contributed by atoms with Crippen LogP contribution in [-0.4, -0.2) is 43.7 Å². The van der Waals surface area contributed by atoms with Crippen LogP contribution in [0.4, 0.5) is 0 Å². The summed E-state index contributed by atoms with van der Waals surface area (Å²) in [6, 6.07) is 12.9. The Labute approximate surface area is 234 Å². The number of ether oxygens (including phenoxy) is 5. The first kappa shape index (κ1) is 31.8. The molecule has 0 spiro atoms. The van der Waals surface area contributed by atoms with Crippen LogP contribution in [0.2, 0.25) is 0 Å². The minimum absolute atomic E-state index is 0.237. The van der Waals surface area contributed by atoms with Crippen LogP contribution < -0.4 is 14.2 Å². The van der Waals surface area contributed by atoms with Crippen LogP contribution in [0.15, 0.2) is 73.8 Å². The Morgan fingerprint density at radius 1 is 0.575 bits per heavy atom. The number of rotatable bonds is 19. The van der Waals surface area contributed by atoms with Crippen molar-refractivity contribution in [2.75, 3.05) is 19.8 Å². The summed E-state index contributed by atoms with van der Waals surface area (Å²) < 4.78 is 26.2. The average molecular weight is 553 g/mol. The standard InChI is InChI=1S/C31H36O9/c1-3-28(32)37-22-10-6-5-9-21-36-25-15-13-24(14-16-25)31(35)40-27-19-17-26(18-20-27)39-30(34)12-8-7-11-23-38-29(33)4-2/h3-4,13-20H,1-2,5-12,21-23H2. The van der Waals surface area contributed by atoms with Gasteiger partial charge in [-0.3, -0.25) is 4.79 Å². The van der Waals surface area contributed by atoms with Crippen molar-refractivity contribution in [1.29, 1.82) is 0 Å². The largest absolute Gasteiger partial charge is 0.494 e. The van der Waals surface area contributed by atoms with Crippen LogP contribution in [0.3, 0.4) is 0 Å². The SMILES string of the molecule is C=CC(=O)OCCCCCCOc1ccc(C(=O)Oc2ccc(OC(=O)CCCCCOC(=O)C=C)cc2)cc1. The summed E-state index contributed by atoms with van der Waals surface area (Å²) in [6.45, 7) is 7.90. The fourth-order valence-electron chi connectivity index (χ4n) is 3.37. The van der Waals surface area contributed by atoms with Gasteiger partial charge in [0.25, 0.3) is 0 Å². The summed E-state index contributed by atoms with van der Waals surface area (Å²) in [5.41, 5.74) is 0.371. The van der Waals surface area contributed by atoms with Crippen molar-refractivity contribution in [3.63, 3.8) is 0 Å². The molecule has 40 heavy (non-hydrogen) atoms. The number of esters is 4. The second kappa shape index (κ2) is 18.8. The van der Waals surface area contributed by atoms with Crippen molar-refractivity contribution in [3.05, 3.63) is 79.4 Å². The number of carbonyl (C=O) groups is 4. The van der Waals surface area contributed by atoms with Crippen LogP contribution in [0.1, 0.15) is 61.7 Å². The van der Waals surface area contributed by atoms with E-state index in [2.05, 4.69) is 13.2 Å². The van der Waals surface area contributed by atoms with Gasteiger partial charge in [-0.2, -0.15) is 0 Å². The molecule has 0 aromatic heterocycles. The van der Waals surface area contributed by atoms with Gasteiger partial charge in [0.1, 0.15) is 17.2 Å². The predicted molar refractivity (Wildman–Crippen MR) is 148 cm³/mol. The topological polar surface area (TPSA) is 114 Å². The molecule has 0 aliphatic rings. The second-order valence-corrected chi connectivity index (χ2v) is 8.68. The lowest BCUT2D eigenvalue weighted by atomic mass is 10.2. The fourth-order valence-corrected chi connectivity index (χ4v) is 3.37. The lowest BCUT2D eigenvalue weighted by molar-refractivity contribution is -0.138. The minimum atomic E-state index is -0.521. The van der Waals surface area contributed by atoms with Gasteiger partial charge >= 0.3 is 23.9 Å². The molecule has 0 saturated heterocycles. The van der Waals surface area contributed by atoms with E-state index < -0.39 is 17.9 Å². The van der Waals surface area contributed by atoms with Crippen molar-refractivity contribution >= 4 is 23.9 Å². The molecule has 2 aromatic rings. The van der Waals surface area contributed by atoms with Crippen LogP contribution in [0.5, 0.6) is 17.2 Å². The number of benzene rings is 2. The van der Waals surface area contributed by atoms with E-state index in [0.717, 1.165) is 44.3 Å². The van der Waals surface area contributed by atoms with E-state index in [1.165, 1.54) is 0 Å². The maximum Gasteiger partial charge on any atom is 0.343 e. The number of hydrogen-bond acceptors (Lipinski definition) is 9. The fraction of sp³-hybridized carbons (Fsp3) is 0.355. The molecule has 0 aliphatic heterocycles. The lowest BCUT2D eigenvalue weighted by Gasteiger charge is -2.08. The second-order valence-electron chi connectivity index (χ2n) is 8.68. The maximum atomic E-state index is 12.5. The molecule has 0 bridgehead atoms. The molecule has 2 aromatic carbocycles. The number of unbranched alkanes of at least 4 members (excludes halogenated alkanes) is 5. The van der Waals surface area contributed by atoms with E-state index in [-0.39, 0.29) is 19.0 Å². The molecule has 0 radical (unpaired) electrons. The van der Waals surface area contributed by atoms with Crippen LogP contribution in [0, 0.1) is 0 Å². The van der Waals surface area contributed by atoms with Crippen molar-refractivity contribution in [2.24, 2.45) is 0 Å². The molecular weight excluding hydrogens is 516 g/mol. The van der Waals surface area contributed by atoms with Crippen LogP contribution >= 0.6 is 0 Å². The molecule has 0 unspecified atom stereocenters. The number of carbonyl (C=O) groups excluding carboxylic acids is 4. The third-order valence-corrected chi connectivity index (χ3v) is 5.51. The summed E-state index contributed by atoms with van der Waals surface area (Å²) in [4.78, 5) is 46.4.